The summed E-state index contributed by atoms with van der Waals surface area (Å²) in [5.41, 5.74) is 3.76. The lowest BCUT2D eigenvalue weighted by atomic mass is 9.97. The molecule has 0 aliphatic carbocycles. The van der Waals surface area contributed by atoms with E-state index in [1.165, 1.54) is 12.8 Å². The fraction of sp³-hybridized carbons (Fsp3) is 0.400. The number of aryl methyl sites for hydroxylation is 1. The minimum absolute atomic E-state index is 0. The molecule has 3 aromatic rings. The summed E-state index contributed by atoms with van der Waals surface area (Å²) in [4.78, 5) is 16.1. The van der Waals surface area contributed by atoms with Crippen LogP contribution in [-0.4, -0.2) is 47.7 Å². The molecule has 0 unspecified atom stereocenters. The highest BCUT2D eigenvalue weighted by Crippen LogP contribution is 2.37. The number of aromatic nitrogens is 1. The molecule has 2 fully saturated rings. The molecule has 5 rings (SSSR count). The van der Waals surface area contributed by atoms with Crippen LogP contribution in [0.3, 0.4) is 0 Å². The molecule has 1 aromatic heterocycles. The van der Waals surface area contributed by atoms with Crippen LogP contribution in [0.5, 0.6) is 5.75 Å². The Bertz CT molecular complexity index is 1080. The average Bonchev–Trinajstić information content (AvgIpc) is 3.15. The maximum atomic E-state index is 13.6. The van der Waals surface area contributed by atoms with Crippen molar-refractivity contribution in [2.24, 2.45) is 7.05 Å². The van der Waals surface area contributed by atoms with Crippen molar-refractivity contribution < 1.29 is 9.53 Å². The second kappa shape index (κ2) is 8.56. The molecule has 2 saturated heterocycles. The van der Waals surface area contributed by atoms with Gasteiger partial charge < -0.3 is 19.5 Å². The maximum Gasteiger partial charge on any atom is 0.254 e. The molecule has 3 heterocycles. The molecule has 2 aliphatic rings. The quantitative estimate of drug-likeness (QED) is 0.644. The predicted octanol–water partition coefficient (Wildman–Crippen LogP) is 4.63. The highest BCUT2D eigenvalue weighted by Gasteiger charge is 2.39. The number of hydrogen-bond acceptors (Lipinski definition) is 3. The molecule has 5 nitrogen and oxygen atoms in total. The molecule has 0 saturated carbocycles. The van der Waals surface area contributed by atoms with E-state index in [1.807, 2.05) is 43.4 Å². The van der Waals surface area contributed by atoms with E-state index < -0.39 is 0 Å². The number of carbonyl (C=O) groups is 1. The van der Waals surface area contributed by atoms with Gasteiger partial charge in [-0.25, -0.2) is 0 Å². The third-order valence-corrected chi connectivity index (χ3v) is 7.12. The number of amides is 1. The Morgan fingerprint density at radius 3 is 2.35 bits per heavy atom. The number of nitrogens with one attached hydrogen (secondary N) is 1. The van der Waals surface area contributed by atoms with Gasteiger partial charge in [0, 0.05) is 36.6 Å². The van der Waals surface area contributed by atoms with E-state index >= 15 is 0 Å². The molecule has 1 N–H and O–H groups in total. The van der Waals surface area contributed by atoms with E-state index in [1.54, 1.807) is 7.11 Å². The van der Waals surface area contributed by atoms with Gasteiger partial charge in [0.2, 0.25) is 0 Å². The number of rotatable bonds is 4. The van der Waals surface area contributed by atoms with Crippen LogP contribution < -0.4 is 10.1 Å². The smallest absolute Gasteiger partial charge is 0.254 e. The standard InChI is InChI=1S/C25H29N3O2.ClH/c1-27-18-9-10-19(27)14-17(13-18)26-25(29)23-21-12-11-20(30-3)15-22(21)28(2)24(23)16-7-5-4-6-8-16;/h4-8,11-12,15,17-19H,9-10,13-14H2,1-3H3,(H,26,29);1H/t17-,18+,19-;. The summed E-state index contributed by atoms with van der Waals surface area (Å²) in [6.07, 6.45) is 4.57. The zero-order chi connectivity index (χ0) is 20.8. The molecule has 0 radical (unpaired) electrons. The van der Waals surface area contributed by atoms with Crippen LogP contribution >= 0.6 is 12.4 Å². The molecule has 164 valence electrons. The van der Waals surface area contributed by atoms with E-state index in [4.69, 9.17) is 4.74 Å². The van der Waals surface area contributed by atoms with Gasteiger partial charge in [-0.3, -0.25) is 4.79 Å². The van der Waals surface area contributed by atoms with Gasteiger partial charge in [-0.1, -0.05) is 30.3 Å². The highest BCUT2D eigenvalue weighted by atomic mass is 35.5. The van der Waals surface area contributed by atoms with Crippen LogP contribution in [0.4, 0.5) is 0 Å². The first-order valence-corrected chi connectivity index (χ1v) is 10.8. The van der Waals surface area contributed by atoms with Crippen LogP contribution in [0.15, 0.2) is 48.5 Å². The zero-order valence-corrected chi connectivity index (χ0v) is 19.1. The summed E-state index contributed by atoms with van der Waals surface area (Å²) in [5, 5.41) is 4.35. The summed E-state index contributed by atoms with van der Waals surface area (Å²) >= 11 is 0. The Kier molecular flexibility index (Phi) is 6.00. The normalized spacial score (nSPS) is 22.9. The highest BCUT2D eigenvalue weighted by molar-refractivity contribution is 6.13. The number of nitrogens with zero attached hydrogens (tertiary/aromatic N) is 2. The van der Waals surface area contributed by atoms with Gasteiger partial charge in [0.15, 0.2) is 0 Å². The maximum absolute atomic E-state index is 13.6. The topological polar surface area (TPSA) is 46.5 Å². The molecule has 2 aliphatic heterocycles. The molecule has 6 heteroatoms. The predicted molar refractivity (Wildman–Crippen MR) is 127 cm³/mol. The van der Waals surface area contributed by atoms with E-state index in [9.17, 15) is 4.79 Å². The molecule has 2 bridgehead atoms. The van der Waals surface area contributed by atoms with E-state index in [-0.39, 0.29) is 24.4 Å². The minimum Gasteiger partial charge on any atom is -0.497 e. The number of piperidine rings is 1. The van der Waals surface area contributed by atoms with Gasteiger partial charge in [0.1, 0.15) is 5.75 Å². The SMILES string of the molecule is COc1ccc2c(C(=O)N[C@H]3C[C@H]4CC[C@@H](C3)N4C)c(-c3ccccc3)n(C)c2c1.Cl. The Morgan fingerprint density at radius 2 is 1.71 bits per heavy atom. The third-order valence-electron chi connectivity index (χ3n) is 7.12. The Hall–Kier alpha value is -2.50. The largest absolute Gasteiger partial charge is 0.497 e. The molecular weight excluding hydrogens is 410 g/mol. The van der Waals surface area contributed by atoms with Gasteiger partial charge in [0.25, 0.3) is 5.91 Å². The second-order valence-electron chi connectivity index (χ2n) is 8.72. The number of methoxy groups -OCH3 is 1. The van der Waals surface area contributed by atoms with Gasteiger partial charge in [-0.05, 0) is 50.4 Å². The summed E-state index contributed by atoms with van der Waals surface area (Å²) in [6, 6.07) is 17.6. The first-order valence-electron chi connectivity index (χ1n) is 10.8. The van der Waals surface area contributed by atoms with Gasteiger partial charge in [-0.15, -0.1) is 12.4 Å². The van der Waals surface area contributed by atoms with Crippen LogP contribution in [-0.2, 0) is 7.05 Å². The summed E-state index contributed by atoms with van der Waals surface area (Å²) in [5.74, 6) is 0.820. The van der Waals surface area contributed by atoms with Crippen molar-refractivity contribution >= 4 is 29.2 Å². The molecular formula is C25H30ClN3O2. The first kappa shape index (κ1) is 21.7. The van der Waals surface area contributed by atoms with Gasteiger partial charge in [-0.2, -0.15) is 0 Å². The Morgan fingerprint density at radius 1 is 1.03 bits per heavy atom. The number of carbonyl (C=O) groups excluding carboxylic acids is 1. The second-order valence-corrected chi connectivity index (χ2v) is 8.72. The fourth-order valence-electron chi connectivity index (χ4n) is 5.49. The van der Waals surface area contributed by atoms with Crippen LogP contribution in [0.25, 0.3) is 22.2 Å². The van der Waals surface area contributed by atoms with Crippen molar-refractivity contribution in [1.29, 1.82) is 0 Å². The Labute approximate surface area is 189 Å². The number of benzene rings is 2. The lowest BCUT2D eigenvalue weighted by molar-refractivity contribution is 0.0884. The van der Waals surface area contributed by atoms with Gasteiger partial charge >= 0.3 is 0 Å². The Balaban J connectivity index is 0.00000231. The number of ether oxygens (including phenoxy) is 1. The van der Waals surface area contributed by atoms with Crippen molar-refractivity contribution in [1.82, 2.24) is 14.8 Å². The third kappa shape index (κ3) is 3.70. The van der Waals surface area contributed by atoms with Gasteiger partial charge in [0.05, 0.1) is 23.9 Å². The van der Waals surface area contributed by atoms with E-state index in [2.05, 4.69) is 34.0 Å². The van der Waals surface area contributed by atoms with Crippen molar-refractivity contribution in [2.45, 2.75) is 43.8 Å². The van der Waals surface area contributed by atoms with Crippen LogP contribution in [0, 0.1) is 0 Å². The number of halogens is 1. The number of fused-ring (bicyclic) bond motifs is 3. The molecule has 1 amide bonds. The first-order chi connectivity index (χ1) is 14.6. The monoisotopic (exact) mass is 439 g/mol. The number of hydrogen-bond donors (Lipinski definition) is 1. The lowest BCUT2D eigenvalue weighted by Gasteiger charge is -2.36. The summed E-state index contributed by atoms with van der Waals surface area (Å²) in [7, 11) is 5.92. The van der Waals surface area contributed by atoms with Crippen LogP contribution in [0.2, 0.25) is 0 Å². The molecule has 2 aromatic carbocycles. The molecule has 0 spiro atoms. The van der Waals surface area contributed by atoms with Crippen molar-refractivity contribution in [3.05, 3.63) is 54.1 Å². The summed E-state index contributed by atoms with van der Waals surface area (Å²) in [6.45, 7) is 0. The van der Waals surface area contributed by atoms with E-state index in [0.29, 0.717) is 12.1 Å². The van der Waals surface area contributed by atoms with Crippen molar-refractivity contribution in [2.75, 3.05) is 14.2 Å². The lowest BCUT2D eigenvalue weighted by Crippen LogP contribution is -2.48. The van der Waals surface area contributed by atoms with E-state index in [0.717, 1.165) is 46.3 Å². The zero-order valence-electron chi connectivity index (χ0n) is 18.3. The molecule has 31 heavy (non-hydrogen) atoms. The van der Waals surface area contributed by atoms with Crippen molar-refractivity contribution in [3.63, 3.8) is 0 Å². The van der Waals surface area contributed by atoms with Crippen molar-refractivity contribution in [3.8, 4) is 17.0 Å². The molecule has 3 atom stereocenters. The average molecular weight is 440 g/mol. The summed E-state index contributed by atoms with van der Waals surface area (Å²) < 4.78 is 7.55. The van der Waals surface area contributed by atoms with Crippen LogP contribution in [0.1, 0.15) is 36.0 Å². The fourth-order valence-corrected chi connectivity index (χ4v) is 5.49. The minimum atomic E-state index is 0.